The molecule has 0 bridgehead atoms. The number of likely N-dealkylation sites (tertiary alicyclic amines) is 1. The van der Waals surface area contributed by atoms with Gasteiger partial charge in [0.2, 0.25) is 5.91 Å². The number of para-hydroxylation sites is 1. The summed E-state index contributed by atoms with van der Waals surface area (Å²) in [5.41, 5.74) is 0. The molecule has 0 radical (unpaired) electrons. The van der Waals surface area contributed by atoms with Crippen molar-refractivity contribution in [3.63, 3.8) is 0 Å². The van der Waals surface area contributed by atoms with Gasteiger partial charge in [-0.3, -0.25) is 9.48 Å². The molecule has 2 heterocycles. The molecule has 0 saturated carbocycles. The minimum Gasteiger partial charge on any atom is -0.494 e. The molecule has 5 nitrogen and oxygen atoms in total. The first-order valence-corrected chi connectivity index (χ1v) is 9.24. The molecule has 0 N–H and O–H groups in total. The number of nitrogens with zero attached hydrogens (tertiary/aromatic N) is 3. The van der Waals surface area contributed by atoms with Crippen molar-refractivity contribution in [2.45, 2.75) is 38.6 Å². The van der Waals surface area contributed by atoms with Crippen molar-refractivity contribution >= 4 is 5.91 Å². The SMILES string of the molecule is O=C(CCCOc1ccccc1)N1CCC(CCn2cccn2)CC1. The fraction of sp³-hybridized carbons (Fsp3) is 0.500. The van der Waals surface area contributed by atoms with Crippen molar-refractivity contribution in [3.05, 3.63) is 48.8 Å². The van der Waals surface area contributed by atoms with Crippen LogP contribution in [0.15, 0.2) is 48.8 Å². The van der Waals surface area contributed by atoms with Gasteiger partial charge in [-0.15, -0.1) is 0 Å². The summed E-state index contributed by atoms with van der Waals surface area (Å²) in [6.07, 6.45) is 8.53. The standard InChI is InChI=1S/C20H27N3O2/c24-20(8-4-17-25-19-6-2-1-3-7-19)22-14-9-18(10-15-22)11-16-23-13-5-12-21-23/h1-3,5-7,12-13,18H,4,8-11,14-17H2. The summed E-state index contributed by atoms with van der Waals surface area (Å²) in [5, 5.41) is 4.25. The molecule has 0 atom stereocenters. The van der Waals surface area contributed by atoms with E-state index in [4.69, 9.17) is 4.74 Å². The van der Waals surface area contributed by atoms with Crippen molar-refractivity contribution in [2.24, 2.45) is 5.92 Å². The Labute approximate surface area is 149 Å². The minimum absolute atomic E-state index is 0.266. The predicted octanol–water partition coefficient (Wildman–Crippen LogP) is 3.37. The van der Waals surface area contributed by atoms with Crippen LogP contribution in [0.2, 0.25) is 0 Å². The summed E-state index contributed by atoms with van der Waals surface area (Å²) in [7, 11) is 0. The third kappa shape index (κ3) is 5.62. The Morgan fingerprint density at radius 3 is 2.68 bits per heavy atom. The van der Waals surface area contributed by atoms with Crippen LogP contribution in [0.5, 0.6) is 5.75 Å². The molecule has 0 aliphatic carbocycles. The van der Waals surface area contributed by atoms with Gasteiger partial charge in [-0.1, -0.05) is 18.2 Å². The predicted molar refractivity (Wildman–Crippen MR) is 97.3 cm³/mol. The fourth-order valence-electron chi connectivity index (χ4n) is 3.31. The van der Waals surface area contributed by atoms with E-state index in [0.29, 0.717) is 18.9 Å². The maximum absolute atomic E-state index is 12.3. The van der Waals surface area contributed by atoms with Crippen molar-refractivity contribution in [3.8, 4) is 5.75 Å². The average molecular weight is 341 g/mol. The molecule has 1 aliphatic rings. The van der Waals surface area contributed by atoms with Crippen LogP contribution in [-0.2, 0) is 11.3 Å². The van der Waals surface area contributed by atoms with Crippen molar-refractivity contribution < 1.29 is 9.53 Å². The highest BCUT2D eigenvalue weighted by atomic mass is 16.5. The molecule has 3 rings (SSSR count). The maximum Gasteiger partial charge on any atom is 0.222 e. The lowest BCUT2D eigenvalue weighted by Crippen LogP contribution is -2.38. The first-order chi connectivity index (χ1) is 12.3. The highest BCUT2D eigenvalue weighted by Crippen LogP contribution is 2.21. The van der Waals surface area contributed by atoms with Crippen LogP contribution >= 0.6 is 0 Å². The van der Waals surface area contributed by atoms with E-state index in [1.165, 1.54) is 0 Å². The van der Waals surface area contributed by atoms with Gasteiger partial charge < -0.3 is 9.64 Å². The first-order valence-electron chi connectivity index (χ1n) is 9.24. The molecule has 25 heavy (non-hydrogen) atoms. The maximum atomic E-state index is 12.3. The first kappa shape index (κ1) is 17.5. The Hall–Kier alpha value is -2.30. The second-order valence-electron chi connectivity index (χ2n) is 6.65. The van der Waals surface area contributed by atoms with E-state index in [-0.39, 0.29) is 5.91 Å². The summed E-state index contributed by atoms with van der Waals surface area (Å²) < 4.78 is 7.64. The molecular weight excluding hydrogens is 314 g/mol. The number of aromatic nitrogens is 2. The van der Waals surface area contributed by atoms with Gasteiger partial charge in [0.1, 0.15) is 5.75 Å². The molecule has 5 heteroatoms. The largest absolute Gasteiger partial charge is 0.494 e. The topological polar surface area (TPSA) is 47.4 Å². The Kier molecular flexibility index (Phi) is 6.48. The van der Waals surface area contributed by atoms with E-state index >= 15 is 0 Å². The quantitative estimate of drug-likeness (QED) is 0.692. The van der Waals surface area contributed by atoms with Crippen LogP contribution in [0.4, 0.5) is 0 Å². The molecule has 1 aromatic carbocycles. The van der Waals surface area contributed by atoms with Gasteiger partial charge in [-0.05, 0) is 49.8 Å². The van der Waals surface area contributed by atoms with Gasteiger partial charge in [-0.25, -0.2) is 0 Å². The van der Waals surface area contributed by atoms with Crippen molar-refractivity contribution in [1.29, 1.82) is 0 Å². The Morgan fingerprint density at radius 1 is 1.16 bits per heavy atom. The summed E-state index contributed by atoms with van der Waals surface area (Å²) in [4.78, 5) is 14.3. The van der Waals surface area contributed by atoms with Crippen LogP contribution in [0.25, 0.3) is 0 Å². The number of hydrogen-bond acceptors (Lipinski definition) is 3. The van der Waals surface area contributed by atoms with Crippen LogP contribution < -0.4 is 4.74 Å². The normalized spacial score (nSPS) is 15.3. The zero-order valence-corrected chi connectivity index (χ0v) is 14.7. The summed E-state index contributed by atoms with van der Waals surface area (Å²) in [6.45, 7) is 3.35. The van der Waals surface area contributed by atoms with E-state index in [1.54, 1.807) is 0 Å². The second kappa shape index (κ2) is 9.25. The molecule has 2 aromatic rings. The number of ether oxygens (including phenoxy) is 1. The summed E-state index contributed by atoms with van der Waals surface area (Å²) in [6, 6.07) is 11.7. The number of piperidine rings is 1. The molecule has 0 spiro atoms. The van der Waals surface area contributed by atoms with Crippen LogP contribution in [0.3, 0.4) is 0 Å². The number of aryl methyl sites for hydroxylation is 1. The van der Waals surface area contributed by atoms with Crippen LogP contribution in [-0.4, -0.2) is 40.3 Å². The smallest absolute Gasteiger partial charge is 0.222 e. The molecule has 0 unspecified atom stereocenters. The molecule has 134 valence electrons. The summed E-state index contributed by atoms with van der Waals surface area (Å²) >= 11 is 0. The lowest BCUT2D eigenvalue weighted by atomic mass is 9.93. The third-order valence-electron chi connectivity index (χ3n) is 4.84. The van der Waals surface area contributed by atoms with Crippen molar-refractivity contribution in [2.75, 3.05) is 19.7 Å². The van der Waals surface area contributed by atoms with Crippen LogP contribution in [0, 0.1) is 5.92 Å². The Bertz CT molecular complexity index is 620. The van der Waals surface area contributed by atoms with Gasteiger partial charge in [0.05, 0.1) is 6.61 Å². The van der Waals surface area contributed by atoms with E-state index in [1.807, 2.05) is 58.4 Å². The number of rotatable bonds is 8. The van der Waals surface area contributed by atoms with E-state index in [0.717, 1.165) is 51.1 Å². The van der Waals surface area contributed by atoms with E-state index < -0.39 is 0 Å². The zero-order chi connectivity index (χ0) is 17.3. The highest BCUT2D eigenvalue weighted by Gasteiger charge is 2.22. The molecule has 1 fully saturated rings. The number of benzene rings is 1. The highest BCUT2D eigenvalue weighted by molar-refractivity contribution is 5.76. The lowest BCUT2D eigenvalue weighted by Gasteiger charge is -2.32. The minimum atomic E-state index is 0.266. The zero-order valence-electron chi connectivity index (χ0n) is 14.7. The van der Waals surface area contributed by atoms with Gasteiger partial charge >= 0.3 is 0 Å². The lowest BCUT2D eigenvalue weighted by molar-refractivity contribution is -0.132. The molecule has 1 aliphatic heterocycles. The molecule has 1 saturated heterocycles. The number of amides is 1. The van der Waals surface area contributed by atoms with Gasteiger partial charge in [0.15, 0.2) is 0 Å². The fourth-order valence-corrected chi connectivity index (χ4v) is 3.31. The van der Waals surface area contributed by atoms with Crippen LogP contribution in [0.1, 0.15) is 32.1 Å². The Balaban J connectivity index is 1.29. The number of carbonyl (C=O) groups is 1. The van der Waals surface area contributed by atoms with E-state index in [2.05, 4.69) is 5.10 Å². The van der Waals surface area contributed by atoms with Gasteiger partial charge in [0.25, 0.3) is 0 Å². The molecule has 1 aromatic heterocycles. The van der Waals surface area contributed by atoms with Crippen molar-refractivity contribution in [1.82, 2.24) is 14.7 Å². The molecular formula is C20H27N3O2. The van der Waals surface area contributed by atoms with Gasteiger partial charge in [-0.2, -0.15) is 5.10 Å². The number of carbonyl (C=O) groups excluding carboxylic acids is 1. The second-order valence-corrected chi connectivity index (χ2v) is 6.65. The summed E-state index contributed by atoms with van der Waals surface area (Å²) in [5.74, 6) is 1.84. The average Bonchev–Trinajstić information content (AvgIpc) is 3.18. The monoisotopic (exact) mass is 341 g/mol. The van der Waals surface area contributed by atoms with E-state index in [9.17, 15) is 4.79 Å². The van der Waals surface area contributed by atoms with Gasteiger partial charge in [0, 0.05) is 38.4 Å². The number of hydrogen-bond donors (Lipinski definition) is 0. The third-order valence-corrected chi connectivity index (χ3v) is 4.84. The molecule has 1 amide bonds. The Morgan fingerprint density at radius 2 is 1.96 bits per heavy atom.